The first-order chi connectivity index (χ1) is 27.8. The van der Waals surface area contributed by atoms with Gasteiger partial charge in [-0.25, -0.2) is 0 Å². The zero-order valence-corrected chi connectivity index (χ0v) is 30.8. The molecule has 2 atom stereocenters. The monoisotopic (exact) mass is 719 g/mol. The smallest absolute Gasteiger partial charge is 0.137 e. The van der Waals surface area contributed by atoms with Gasteiger partial charge in [0.2, 0.25) is 0 Å². The minimum atomic E-state index is -0.513. The number of nitrogens with one attached hydrogen (secondary N) is 2. The molecule has 11 rings (SSSR count). The Morgan fingerprint density at radius 3 is 1.54 bits per heavy atom. The SMILES string of the molecule is c1ccc(-c2ccc3c(c2)c2cc4c(cc2n3C2NC(c3ccccc3)[N-]C(c3ccccc3)N2)C(c2ccccc2)(c2ccccc2)c2ccccc2-4)cc1. The van der Waals surface area contributed by atoms with E-state index in [0.717, 1.165) is 16.6 Å². The standard InChI is InChI=1S/C52H39N4/c1-6-18-35(19-7-1)38-30-31-47-43(32-38)44-33-42-41-28-16-17-29-45(41)52(39-24-12-4-13-25-39,40-26-14-5-15-27-40)46(42)34-48(44)56(47)51-54-49(36-20-8-2-9-21-36)53-50(55-51)37-22-10-3-11-23-37/h1-34,49-51,54-55H/q-1. The summed E-state index contributed by atoms with van der Waals surface area (Å²) in [7, 11) is 0. The zero-order chi connectivity index (χ0) is 37.1. The summed E-state index contributed by atoms with van der Waals surface area (Å²) < 4.78 is 2.49. The van der Waals surface area contributed by atoms with Gasteiger partial charge in [0.05, 0.1) is 16.4 Å². The largest absolute Gasteiger partial charge is 0.624 e. The van der Waals surface area contributed by atoms with Crippen molar-refractivity contribution in [3.63, 3.8) is 0 Å². The molecule has 1 saturated heterocycles. The minimum Gasteiger partial charge on any atom is -0.624 e. The highest BCUT2D eigenvalue weighted by Gasteiger charge is 2.46. The van der Waals surface area contributed by atoms with Gasteiger partial charge >= 0.3 is 0 Å². The van der Waals surface area contributed by atoms with E-state index in [-0.39, 0.29) is 18.6 Å². The molecule has 0 saturated carbocycles. The summed E-state index contributed by atoms with van der Waals surface area (Å²) in [5.41, 5.74) is 14.1. The highest BCUT2D eigenvalue weighted by molar-refractivity contribution is 6.12. The quantitative estimate of drug-likeness (QED) is 0.180. The van der Waals surface area contributed by atoms with Crippen LogP contribution in [0.15, 0.2) is 206 Å². The summed E-state index contributed by atoms with van der Waals surface area (Å²) in [6, 6.07) is 75.0. The van der Waals surface area contributed by atoms with Crippen molar-refractivity contribution >= 4 is 21.8 Å². The van der Waals surface area contributed by atoms with E-state index in [4.69, 9.17) is 5.32 Å². The Labute approximate surface area is 327 Å². The number of aromatic nitrogens is 1. The van der Waals surface area contributed by atoms with Crippen LogP contribution < -0.4 is 10.6 Å². The molecule has 4 heteroatoms. The van der Waals surface area contributed by atoms with Crippen LogP contribution in [0.3, 0.4) is 0 Å². The van der Waals surface area contributed by atoms with E-state index in [9.17, 15) is 0 Å². The van der Waals surface area contributed by atoms with Gasteiger partial charge in [-0.15, -0.1) is 0 Å². The molecule has 2 aliphatic rings. The summed E-state index contributed by atoms with van der Waals surface area (Å²) in [5, 5.41) is 15.7. The van der Waals surface area contributed by atoms with E-state index in [0.29, 0.717) is 0 Å². The average molecular weight is 720 g/mol. The van der Waals surface area contributed by atoms with Crippen LogP contribution in [0.4, 0.5) is 0 Å². The van der Waals surface area contributed by atoms with Gasteiger partial charge in [-0.2, -0.15) is 0 Å². The Morgan fingerprint density at radius 1 is 0.411 bits per heavy atom. The first-order valence-corrected chi connectivity index (χ1v) is 19.5. The molecule has 0 spiro atoms. The Morgan fingerprint density at radius 2 is 0.929 bits per heavy atom. The molecule has 1 aliphatic heterocycles. The number of nitrogens with zero attached hydrogens (tertiary/aromatic N) is 2. The van der Waals surface area contributed by atoms with E-state index in [1.165, 1.54) is 60.8 Å². The zero-order valence-electron chi connectivity index (χ0n) is 30.8. The third kappa shape index (κ3) is 5.11. The fourth-order valence-corrected chi connectivity index (χ4v) is 9.44. The predicted octanol–water partition coefficient (Wildman–Crippen LogP) is 12.2. The molecule has 1 fully saturated rings. The van der Waals surface area contributed by atoms with Crippen molar-refractivity contribution in [3.8, 4) is 22.3 Å². The first kappa shape index (κ1) is 32.8. The predicted molar refractivity (Wildman–Crippen MR) is 229 cm³/mol. The topological polar surface area (TPSA) is 43.1 Å². The van der Waals surface area contributed by atoms with Crippen LogP contribution in [-0.4, -0.2) is 4.57 Å². The molecule has 0 amide bonds. The normalized spacial score (nSPS) is 18.5. The molecule has 0 radical (unpaired) electrons. The molecule has 8 aromatic carbocycles. The molecule has 2 N–H and O–H groups in total. The number of rotatable bonds is 6. The maximum atomic E-state index is 5.35. The van der Waals surface area contributed by atoms with Crippen LogP contribution in [0.25, 0.3) is 49.4 Å². The van der Waals surface area contributed by atoms with Crippen molar-refractivity contribution in [2.75, 3.05) is 0 Å². The Balaban J connectivity index is 1.21. The lowest BCUT2D eigenvalue weighted by Gasteiger charge is -2.50. The maximum absolute atomic E-state index is 5.35. The summed E-state index contributed by atoms with van der Waals surface area (Å²) in [6.07, 6.45) is -0.736. The van der Waals surface area contributed by atoms with Crippen molar-refractivity contribution in [2.24, 2.45) is 0 Å². The van der Waals surface area contributed by atoms with E-state index in [1.54, 1.807) is 0 Å². The Kier molecular flexibility index (Phi) is 7.81. The van der Waals surface area contributed by atoms with Gasteiger partial charge in [0, 0.05) is 10.8 Å². The summed E-state index contributed by atoms with van der Waals surface area (Å²) in [6.45, 7) is 0. The molecule has 4 nitrogen and oxygen atoms in total. The van der Waals surface area contributed by atoms with E-state index < -0.39 is 5.41 Å². The van der Waals surface area contributed by atoms with Crippen LogP contribution in [0.5, 0.6) is 0 Å². The number of hydrogen-bond acceptors (Lipinski definition) is 2. The maximum Gasteiger partial charge on any atom is 0.137 e. The van der Waals surface area contributed by atoms with Gasteiger partial charge in [-0.1, -0.05) is 205 Å². The first-order valence-electron chi connectivity index (χ1n) is 19.5. The number of hydrogen-bond donors (Lipinski definition) is 2. The molecule has 1 aliphatic carbocycles. The van der Waals surface area contributed by atoms with Crippen molar-refractivity contribution in [1.82, 2.24) is 15.2 Å². The molecule has 268 valence electrons. The van der Waals surface area contributed by atoms with Crippen molar-refractivity contribution in [3.05, 3.63) is 245 Å². The van der Waals surface area contributed by atoms with Crippen LogP contribution in [0, 0.1) is 0 Å². The molecule has 1 aromatic heterocycles. The van der Waals surface area contributed by atoms with Crippen molar-refractivity contribution in [2.45, 2.75) is 24.0 Å². The number of fused-ring (bicyclic) bond motifs is 6. The van der Waals surface area contributed by atoms with E-state index in [2.05, 4.69) is 221 Å². The second kappa shape index (κ2) is 13.3. The van der Waals surface area contributed by atoms with E-state index in [1.807, 2.05) is 0 Å². The van der Waals surface area contributed by atoms with Gasteiger partial charge in [0.1, 0.15) is 6.29 Å². The van der Waals surface area contributed by atoms with Crippen LogP contribution in [-0.2, 0) is 5.41 Å². The fraction of sp³-hybridized carbons (Fsp3) is 0.0769. The highest BCUT2D eigenvalue weighted by atomic mass is 15.4. The van der Waals surface area contributed by atoms with Crippen LogP contribution in [0.1, 0.15) is 52.0 Å². The molecule has 2 unspecified atom stereocenters. The Hall–Kier alpha value is -6.56. The summed E-state index contributed by atoms with van der Waals surface area (Å²) >= 11 is 0. The van der Waals surface area contributed by atoms with Crippen molar-refractivity contribution in [1.29, 1.82) is 0 Å². The van der Waals surface area contributed by atoms with Crippen LogP contribution in [0.2, 0.25) is 0 Å². The fourth-order valence-electron chi connectivity index (χ4n) is 9.44. The third-order valence-electron chi connectivity index (χ3n) is 11.9. The van der Waals surface area contributed by atoms with Gasteiger partial charge in [0.15, 0.2) is 0 Å². The van der Waals surface area contributed by atoms with Crippen LogP contribution >= 0.6 is 0 Å². The minimum absolute atomic E-state index is 0.227. The average Bonchev–Trinajstić information content (AvgIpc) is 3.76. The summed E-state index contributed by atoms with van der Waals surface area (Å²) in [4.78, 5) is 0. The third-order valence-corrected chi connectivity index (χ3v) is 11.9. The van der Waals surface area contributed by atoms with Gasteiger partial charge < -0.3 is 9.88 Å². The van der Waals surface area contributed by atoms with E-state index >= 15 is 0 Å². The van der Waals surface area contributed by atoms with Gasteiger partial charge in [0.25, 0.3) is 0 Å². The lowest BCUT2D eigenvalue weighted by molar-refractivity contribution is 0.251. The molecule has 2 heterocycles. The molecular formula is C52H39N4-. The van der Waals surface area contributed by atoms with Crippen molar-refractivity contribution < 1.29 is 0 Å². The Bertz CT molecular complexity index is 2750. The van der Waals surface area contributed by atoms with Gasteiger partial charge in [-0.3, -0.25) is 10.6 Å². The molecule has 56 heavy (non-hydrogen) atoms. The number of benzene rings is 8. The second-order valence-electron chi connectivity index (χ2n) is 14.9. The lowest BCUT2D eigenvalue weighted by Crippen LogP contribution is -2.47. The highest BCUT2D eigenvalue weighted by Crippen LogP contribution is 2.57. The molecular weight excluding hydrogens is 681 g/mol. The molecule has 9 aromatic rings. The van der Waals surface area contributed by atoms with Gasteiger partial charge in [-0.05, 0) is 68.8 Å². The summed E-state index contributed by atoms with van der Waals surface area (Å²) in [5.74, 6) is 0. The lowest BCUT2D eigenvalue weighted by atomic mass is 9.67. The second-order valence-corrected chi connectivity index (χ2v) is 14.9. The molecule has 0 bridgehead atoms.